The molecule has 2 N–H and O–H groups in total. The van der Waals surface area contributed by atoms with Gasteiger partial charge in [0.15, 0.2) is 5.96 Å². The van der Waals surface area contributed by atoms with Crippen molar-refractivity contribution in [2.45, 2.75) is 83.3 Å². The van der Waals surface area contributed by atoms with E-state index in [2.05, 4.69) is 46.7 Å². The summed E-state index contributed by atoms with van der Waals surface area (Å²) in [5.41, 5.74) is 1.28. The maximum absolute atomic E-state index is 4.76. The number of likely N-dealkylation sites (tertiary alicyclic amines) is 1. The number of piperidine rings is 1. The van der Waals surface area contributed by atoms with E-state index in [-0.39, 0.29) is 5.41 Å². The van der Waals surface area contributed by atoms with Crippen LogP contribution in [-0.4, -0.2) is 48.1 Å². The lowest BCUT2D eigenvalue weighted by molar-refractivity contribution is 0.150. The van der Waals surface area contributed by atoms with Gasteiger partial charge >= 0.3 is 0 Å². The Hall–Kier alpha value is -1.14. The van der Waals surface area contributed by atoms with Crippen LogP contribution in [0.15, 0.2) is 10.4 Å². The summed E-state index contributed by atoms with van der Waals surface area (Å²) in [5, 5.41) is 10.3. The summed E-state index contributed by atoms with van der Waals surface area (Å²) in [4.78, 5) is 11.9. The van der Waals surface area contributed by atoms with Gasteiger partial charge < -0.3 is 15.5 Å². The van der Waals surface area contributed by atoms with Gasteiger partial charge in [0.05, 0.1) is 12.2 Å². The first-order valence-corrected chi connectivity index (χ1v) is 11.0. The zero-order valence-corrected chi connectivity index (χ0v) is 17.7. The third-order valence-electron chi connectivity index (χ3n) is 5.66. The van der Waals surface area contributed by atoms with E-state index in [4.69, 9.17) is 4.98 Å². The zero-order chi connectivity index (χ0) is 18.6. The number of hydrogen-bond donors (Lipinski definition) is 2. The van der Waals surface area contributed by atoms with E-state index >= 15 is 0 Å². The van der Waals surface area contributed by atoms with Crippen molar-refractivity contribution in [1.29, 1.82) is 0 Å². The highest BCUT2D eigenvalue weighted by molar-refractivity contribution is 7.09. The fourth-order valence-corrected chi connectivity index (χ4v) is 4.92. The molecule has 0 bridgehead atoms. The predicted octanol–water partition coefficient (Wildman–Crippen LogP) is 3.51. The molecule has 1 aromatic rings. The Morgan fingerprint density at radius 2 is 1.92 bits per heavy atom. The number of hydrogen-bond acceptors (Lipinski definition) is 4. The van der Waals surface area contributed by atoms with Gasteiger partial charge in [-0.1, -0.05) is 33.6 Å². The maximum atomic E-state index is 4.76. The summed E-state index contributed by atoms with van der Waals surface area (Å²) >= 11 is 1.73. The molecule has 0 unspecified atom stereocenters. The second-order valence-electron chi connectivity index (χ2n) is 8.70. The minimum atomic E-state index is 0.113. The molecule has 0 aromatic carbocycles. The second-order valence-corrected chi connectivity index (χ2v) is 9.64. The monoisotopic (exact) mass is 377 g/mol. The van der Waals surface area contributed by atoms with Crippen LogP contribution in [0.2, 0.25) is 0 Å². The Balaban J connectivity index is 1.43. The van der Waals surface area contributed by atoms with Crippen molar-refractivity contribution in [1.82, 2.24) is 20.5 Å². The van der Waals surface area contributed by atoms with Crippen LogP contribution in [0.25, 0.3) is 0 Å². The van der Waals surface area contributed by atoms with Crippen LogP contribution in [0, 0.1) is 0 Å². The van der Waals surface area contributed by atoms with Gasteiger partial charge in [0, 0.05) is 43.0 Å². The number of rotatable bonds is 4. The van der Waals surface area contributed by atoms with Gasteiger partial charge in [-0.15, -0.1) is 11.3 Å². The van der Waals surface area contributed by atoms with Crippen LogP contribution in [0.4, 0.5) is 0 Å². The molecular formula is C20H35N5S. The van der Waals surface area contributed by atoms with Crippen LogP contribution < -0.4 is 10.6 Å². The van der Waals surface area contributed by atoms with Gasteiger partial charge in [-0.2, -0.15) is 0 Å². The lowest BCUT2D eigenvalue weighted by Gasteiger charge is -2.36. The van der Waals surface area contributed by atoms with Crippen LogP contribution in [0.5, 0.6) is 0 Å². The molecule has 1 aliphatic heterocycles. The Morgan fingerprint density at radius 3 is 2.50 bits per heavy atom. The standard InChI is InChI=1S/C20H35N5S/c1-20(2,3)17-14-26-18(24-17)13-22-19(21-4)23-15-9-11-25(12-10-15)16-7-5-6-8-16/h14-16H,5-13H2,1-4H3,(H2,21,22,23). The SMILES string of the molecule is CN=C(NCc1nc(C(C)(C)C)cs1)NC1CCN(C2CCCC2)CC1. The third-order valence-corrected chi connectivity index (χ3v) is 6.51. The highest BCUT2D eigenvalue weighted by Crippen LogP contribution is 2.26. The summed E-state index contributed by atoms with van der Waals surface area (Å²) in [6, 6.07) is 1.38. The molecule has 0 spiro atoms. The van der Waals surface area contributed by atoms with E-state index in [9.17, 15) is 0 Å². The van der Waals surface area contributed by atoms with Gasteiger partial charge in [-0.05, 0) is 25.7 Å². The smallest absolute Gasteiger partial charge is 0.191 e. The number of aliphatic imine (C=N–C) groups is 1. The topological polar surface area (TPSA) is 52.6 Å². The molecule has 146 valence electrons. The first-order valence-electron chi connectivity index (χ1n) is 10.1. The van der Waals surface area contributed by atoms with Crippen molar-refractivity contribution in [3.8, 4) is 0 Å². The number of guanidine groups is 1. The summed E-state index contributed by atoms with van der Waals surface area (Å²) in [6.07, 6.45) is 8.09. The molecule has 0 radical (unpaired) electrons. The van der Waals surface area contributed by atoms with Crippen molar-refractivity contribution < 1.29 is 0 Å². The molecule has 6 heteroatoms. The van der Waals surface area contributed by atoms with Gasteiger partial charge in [-0.25, -0.2) is 4.98 Å². The van der Waals surface area contributed by atoms with Crippen LogP contribution in [-0.2, 0) is 12.0 Å². The Labute approximate surface area is 162 Å². The van der Waals surface area contributed by atoms with E-state index < -0.39 is 0 Å². The van der Waals surface area contributed by atoms with Gasteiger partial charge in [0.2, 0.25) is 0 Å². The lowest BCUT2D eigenvalue weighted by atomic mass is 9.93. The summed E-state index contributed by atoms with van der Waals surface area (Å²) in [5.74, 6) is 0.900. The van der Waals surface area contributed by atoms with E-state index in [1.807, 2.05) is 7.05 Å². The van der Waals surface area contributed by atoms with Crippen molar-refractivity contribution in [3.05, 3.63) is 16.1 Å². The van der Waals surface area contributed by atoms with Crippen LogP contribution in [0.3, 0.4) is 0 Å². The number of nitrogens with one attached hydrogen (secondary N) is 2. The summed E-state index contributed by atoms with van der Waals surface area (Å²) in [6.45, 7) is 9.80. The van der Waals surface area contributed by atoms with E-state index in [1.54, 1.807) is 11.3 Å². The average Bonchev–Trinajstić information content (AvgIpc) is 3.30. The van der Waals surface area contributed by atoms with Crippen molar-refractivity contribution in [3.63, 3.8) is 0 Å². The van der Waals surface area contributed by atoms with Gasteiger partial charge in [-0.3, -0.25) is 4.99 Å². The van der Waals surface area contributed by atoms with E-state index in [0.29, 0.717) is 6.04 Å². The molecular weight excluding hydrogens is 342 g/mol. The minimum Gasteiger partial charge on any atom is -0.354 e. The van der Waals surface area contributed by atoms with Gasteiger partial charge in [0.25, 0.3) is 0 Å². The molecule has 1 aliphatic carbocycles. The molecule has 5 nitrogen and oxygen atoms in total. The summed E-state index contributed by atoms with van der Waals surface area (Å²) in [7, 11) is 1.85. The molecule has 2 fully saturated rings. The van der Waals surface area contributed by atoms with Crippen LogP contribution >= 0.6 is 11.3 Å². The average molecular weight is 378 g/mol. The largest absolute Gasteiger partial charge is 0.354 e. The first-order chi connectivity index (χ1) is 12.5. The lowest BCUT2D eigenvalue weighted by Crippen LogP contribution is -2.50. The fourth-order valence-electron chi connectivity index (χ4n) is 3.96. The number of thiazole rings is 1. The predicted molar refractivity (Wildman–Crippen MR) is 111 cm³/mol. The summed E-state index contributed by atoms with van der Waals surface area (Å²) < 4.78 is 0. The molecule has 2 aliphatic rings. The Kier molecular flexibility index (Phi) is 6.56. The fraction of sp³-hybridized carbons (Fsp3) is 0.800. The normalized spacial score (nSPS) is 21.3. The van der Waals surface area contributed by atoms with Crippen molar-refractivity contribution >= 4 is 17.3 Å². The Morgan fingerprint density at radius 1 is 1.23 bits per heavy atom. The minimum absolute atomic E-state index is 0.113. The molecule has 1 saturated carbocycles. The molecule has 1 saturated heterocycles. The zero-order valence-electron chi connectivity index (χ0n) is 16.8. The molecule has 0 atom stereocenters. The molecule has 0 amide bonds. The number of aromatic nitrogens is 1. The van der Waals surface area contributed by atoms with Gasteiger partial charge in [0.1, 0.15) is 5.01 Å². The molecule has 26 heavy (non-hydrogen) atoms. The first kappa shape index (κ1) is 19.6. The van der Waals surface area contributed by atoms with E-state index in [1.165, 1.54) is 57.3 Å². The molecule has 3 rings (SSSR count). The second kappa shape index (κ2) is 8.70. The third kappa shape index (κ3) is 5.19. The highest BCUT2D eigenvalue weighted by atomic mass is 32.1. The van der Waals surface area contributed by atoms with Crippen molar-refractivity contribution in [2.75, 3.05) is 20.1 Å². The quantitative estimate of drug-likeness (QED) is 0.623. The van der Waals surface area contributed by atoms with Crippen LogP contribution in [0.1, 0.15) is 70.0 Å². The molecule has 1 aromatic heterocycles. The van der Waals surface area contributed by atoms with E-state index in [0.717, 1.165) is 23.6 Å². The number of nitrogens with zero attached hydrogens (tertiary/aromatic N) is 3. The molecule has 2 heterocycles. The van der Waals surface area contributed by atoms with Crippen molar-refractivity contribution in [2.24, 2.45) is 4.99 Å². The highest BCUT2D eigenvalue weighted by Gasteiger charge is 2.27. The maximum Gasteiger partial charge on any atom is 0.191 e. The Bertz CT molecular complexity index is 590.